The fraction of sp³-hybridized carbons (Fsp3) is 0.429. The molecule has 1 aromatic rings. The number of rotatable bonds is 3. The molecule has 1 amide bonds. The number of amides is 1. The Hall–Kier alpha value is -1.49. The molecule has 1 aromatic carbocycles. The van der Waals surface area contributed by atoms with Gasteiger partial charge in [-0.3, -0.25) is 4.79 Å². The van der Waals surface area contributed by atoms with Crippen LogP contribution in [0.25, 0.3) is 0 Å². The van der Waals surface area contributed by atoms with E-state index < -0.39 is 0 Å². The van der Waals surface area contributed by atoms with Gasteiger partial charge in [0.05, 0.1) is 10.5 Å². The van der Waals surface area contributed by atoms with Gasteiger partial charge in [-0.25, -0.2) is 0 Å². The molecule has 19 heavy (non-hydrogen) atoms. The van der Waals surface area contributed by atoms with Crippen LogP contribution in [0, 0.1) is 0 Å². The average molecular weight is 278 g/mol. The Morgan fingerprint density at radius 3 is 2.95 bits per heavy atom. The van der Waals surface area contributed by atoms with E-state index in [4.69, 9.17) is 5.21 Å². The van der Waals surface area contributed by atoms with Crippen molar-refractivity contribution >= 4 is 29.1 Å². The van der Waals surface area contributed by atoms with Crippen LogP contribution in [0.2, 0.25) is 0 Å². The molecular weight excluding hydrogens is 260 g/mol. The number of nitrogens with one attached hydrogen (secondary N) is 1. The Balaban J connectivity index is 2.13. The van der Waals surface area contributed by atoms with Crippen LogP contribution in [0.5, 0.6) is 0 Å². The maximum Gasteiger partial charge on any atom is 0.240 e. The molecule has 0 radical (unpaired) electrons. The van der Waals surface area contributed by atoms with Crippen LogP contribution in [-0.2, 0) is 4.79 Å². The number of carbonyl (C=O) groups excluding carboxylic acids is 1. The quantitative estimate of drug-likeness (QED) is 0.507. The molecule has 1 saturated heterocycles. The first-order valence-corrected chi connectivity index (χ1v) is 7.28. The van der Waals surface area contributed by atoms with E-state index in [1.807, 2.05) is 31.2 Å². The summed E-state index contributed by atoms with van der Waals surface area (Å²) >= 11 is 1.71. The van der Waals surface area contributed by atoms with Gasteiger partial charge in [0.2, 0.25) is 5.91 Å². The highest BCUT2D eigenvalue weighted by Gasteiger charge is 2.37. The zero-order valence-electron chi connectivity index (χ0n) is 11.1. The van der Waals surface area contributed by atoms with Gasteiger partial charge in [-0.2, -0.15) is 0 Å². The van der Waals surface area contributed by atoms with E-state index in [-0.39, 0.29) is 10.7 Å². The van der Waals surface area contributed by atoms with E-state index in [2.05, 4.69) is 10.5 Å². The topological polar surface area (TPSA) is 61.7 Å². The molecule has 1 heterocycles. The van der Waals surface area contributed by atoms with Gasteiger partial charge in [-0.15, -0.1) is 11.8 Å². The number of benzene rings is 1. The lowest BCUT2D eigenvalue weighted by atomic mass is 10.0. The average Bonchev–Trinajstić information content (AvgIpc) is 2.86. The van der Waals surface area contributed by atoms with E-state index in [1.54, 1.807) is 18.7 Å². The lowest BCUT2D eigenvalue weighted by Gasteiger charge is -2.21. The fourth-order valence-corrected chi connectivity index (χ4v) is 3.31. The van der Waals surface area contributed by atoms with Crippen LogP contribution in [0.1, 0.15) is 32.3 Å². The SMILES string of the molecule is C/C(=N/O)c1cccc(NC(=O)C2(C)CCCS2)c1. The van der Waals surface area contributed by atoms with Crippen molar-refractivity contribution in [2.45, 2.75) is 31.4 Å². The molecule has 4 nitrogen and oxygen atoms in total. The highest BCUT2D eigenvalue weighted by atomic mass is 32.2. The third-order valence-corrected chi connectivity index (χ3v) is 4.91. The molecule has 0 saturated carbocycles. The second-order valence-electron chi connectivity index (χ2n) is 4.90. The van der Waals surface area contributed by atoms with Gasteiger partial charge in [-0.1, -0.05) is 17.3 Å². The summed E-state index contributed by atoms with van der Waals surface area (Å²) in [5.74, 6) is 1.09. The molecule has 0 bridgehead atoms. The minimum Gasteiger partial charge on any atom is -0.411 e. The monoisotopic (exact) mass is 278 g/mol. The number of hydrogen-bond donors (Lipinski definition) is 2. The Morgan fingerprint density at radius 1 is 1.53 bits per heavy atom. The number of nitrogens with zero attached hydrogens (tertiary/aromatic N) is 1. The smallest absolute Gasteiger partial charge is 0.240 e. The molecule has 5 heteroatoms. The van der Waals surface area contributed by atoms with Crippen LogP contribution in [-0.4, -0.2) is 27.3 Å². The third kappa shape index (κ3) is 3.10. The maximum atomic E-state index is 12.3. The molecule has 2 N–H and O–H groups in total. The number of carbonyl (C=O) groups is 1. The zero-order valence-corrected chi connectivity index (χ0v) is 12.0. The molecular formula is C14H18N2O2S. The summed E-state index contributed by atoms with van der Waals surface area (Å²) in [6, 6.07) is 7.34. The van der Waals surface area contributed by atoms with Crippen molar-refractivity contribution in [2.24, 2.45) is 5.16 Å². The molecule has 1 aliphatic rings. The molecule has 1 aliphatic heterocycles. The first-order chi connectivity index (χ1) is 9.05. The lowest BCUT2D eigenvalue weighted by molar-refractivity contribution is -0.118. The van der Waals surface area contributed by atoms with Crippen molar-refractivity contribution in [2.75, 3.05) is 11.1 Å². The Morgan fingerprint density at radius 2 is 2.32 bits per heavy atom. The summed E-state index contributed by atoms with van der Waals surface area (Å²) < 4.78 is -0.323. The van der Waals surface area contributed by atoms with E-state index in [0.29, 0.717) is 5.71 Å². The van der Waals surface area contributed by atoms with Gasteiger partial charge in [-0.05, 0) is 44.6 Å². The predicted molar refractivity (Wildman–Crippen MR) is 79.2 cm³/mol. The van der Waals surface area contributed by atoms with Crippen molar-refractivity contribution < 1.29 is 10.0 Å². The van der Waals surface area contributed by atoms with Crippen LogP contribution in [0.15, 0.2) is 29.4 Å². The summed E-state index contributed by atoms with van der Waals surface area (Å²) in [5, 5.41) is 14.9. The first-order valence-electron chi connectivity index (χ1n) is 6.30. The van der Waals surface area contributed by atoms with Crippen molar-refractivity contribution in [1.29, 1.82) is 0 Å². The van der Waals surface area contributed by atoms with E-state index in [0.717, 1.165) is 29.8 Å². The van der Waals surface area contributed by atoms with E-state index >= 15 is 0 Å². The lowest BCUT2D eigenvalue weighted by Crippen LogP contribution is -2.34. The predicted octanol–water partition coefficient (Wildman–Crippen LogP) is 3.11. The second kappa shape index (κ2) is 5.65. The molecule has 1 unspecified atom stereocenters. The van der Waals surface area contributed by atoms with Crippen LogP contribution >= 0.6 is 11.8 Å². The Bertz CT molecular complexity index is 508. The van der Waals surface area contributed by atoms with Gasteiger partial charge >= 0.3 is 0 Å². The summed E-state index contributed by atoms with van der Waals surface area (Å²) in [5.41, 5.74) is 2.06. The van der Waals surface area contributed by atoms with Gasteiger partial charge in [0.15, 0.2) is 0 Å². The molecule has 102 valence electrons. The maximum absolute atomic E-state index is 12.3. The van der Waals surface area contributed by atoms with Crippen LogP contribution in [0.4, 0.5) is 5.69 Å². The van der Waals surface area contributed by atoms with Gasteiger partial charge < -0.3 is 10.5 Å². The molecule has 1 fully saturated rings. The van der Waals surface area contributed by atoms with Crippen molar-refractivity contribution in [3.8, 4) is 0 Å². The zero-order chi connectivity index (χ0) is 13.9. The third-order valence-electron chi connectivity index (χ3n) is 3.39. The molecule has 0 spiro atoms. The van der Waals surface area contributed by atoms with E-state index in [1.165, 1.54) is 0 Å². The van der Waals surface area contributed by atoms with Gasteiger partial charge in [0.25, 0.3) is 0 Å². The molecule has 0 aliphatic carbocycles. The van der Waals surface area contributed by atoms with Crippen LogP contribution < -0.4 is 5.32 Å². The molecule has 1 atom stereocenters. The minimum atomic E-state index is -0.323. The van der Waals surface area contributed by atoms with E-state index in [9.17, 15) is 4.79 Å². The molecule has 2 rings (SSSR count). The largest absolute Gasteiger partial charge is 0.411 e. The van der Waals surface area contributed by atoms with Gasteiger partial charge in [0.1, 0.15) is 0 Å². The fourth-order valence-electron chi connectivity index (χ4n) is 2.10. The number of anilines is 1. The summed E-state index contributed by atoms with van der Waals surface area (Å²) in [7, 11) is 0. The van der Waals surface area contributed by atoms with Crippen LogP contribution in [0.3, 0.4) is 0 Å². The summed E-state index contributed by atoms with van der Waals surface area (Å²) in [6.07, 6.45) is 2.01. The second-order valence-corrected chi connectivity index (χ2v) is 6.50. The highest BCUT2D eigenvalue weighted by molar-refractivity contribution is 8.01. The van der Waals surface area contributed by atoms with Crippen molar-refractivity contribution in [3.05, 3.63) is 29.8 Å². The van der Waals surface area contributed by atoms with Gasteiger partial charge in [0, 0.05) is 11.3 Å². The number of oxime groups is 1. The summed E-state index contributed by atoms with van der Waals surface area (Å²) in [4.78, 5) is 12.3. The number of hydrogen-bond acceptors (Lipinski definition) is 4. The Labute approximate surface area is 117 Å². The normalized spacial score (nSPS) is 23.4. The molecule has 0 aromatic heterocycles. The Kier molecular flexibility index (Phi) is 4.14. The van der Waals surface area contributed by atoms with Crippen molar-refractivity contribution in [3.63, 3.8) is 0 Å². The van der Waals surface area contributed by atoms with Crippen molar-refractivity contribution in [1.82, 2.24) is 0 Å². The minimum absolute atomic E-state index is 0.0470. The highest BCUT2D eigenvalue weighted by Crippen LogP contribution is 2.38. The first kappa shape index (κ1) is 13.9. The standard InChI is InChI=1S/C14H18N2O2S/c1-10(16-18)11-5-3-6-12(9-11)15-13(17)14(2)7-4-8-19-14/h3,5-6,9,18H,4,7-8H2,1-2H3,(H,15,17)/b16-10-. The number of thioether (sulfide) groups is 1. The summed E-state index contributed by atoms with van der Waals surface area (Å²) in [6.45, 7) is 3.71.